The van der Waals surface area contributed by atoms with E-state index in [4.69, 9.17) is 9.15 Å². The van der Waals surface area contributed by atoms with E-state index in [0.29, 0.717) is 18.7 Å². The van der Waals surface area contributed by atoms with Gasteiger partial charge in [0.05, 0.1) is 6.10 Å². The number of carbonyl (C=O) groups excluding carboxylic acids is 1. The highest BCUT2D eigenvalue weighted by Gasteiger charge is 2.23. The van der Waals surface area contributed by atoms with Gasteiger partial charge in [0.2, 0.25) is 0 Å². The van der Waals surface area contributed by atoms with Gasteiger partial charge < -0.3 is 23.6 Å². The van der Waals surface area contributed by atoms with Crippen LogP contribution in [0, 0.1) is 6.92 Å². The molecule has 1 N–H and O–H groups in total. The minimum atomic E-state index is -0.813. The van der Waals surface area contributed by atoms with Crippen LogP contribution in [0.25, 0.3) is 0 Å². The van der Waals surface area contributed by atoms with Crippen LogP contribution in [0.5, 0.6) is 0 Å². The number of piperidine rings is 1. The first kappa shape index (κ1) is 12.7. The molecule has 18 heavy (non-hydrogen) atoms. The van der Waals surface area contributed by atoms with Gasteiger partial charge in [0, 0.05) is 13.1 Å². The quantitative estimate of drug-likeness (QED) is 0.835. The molecule has 2 heterocycles. The fourth-order valence-electron chi connectivity index (χ4n) is 1.85. The zero-order valence-corrected chi connectivity index (χ0v) is 10.0. The van der Waals surface area contributed by atoms with E-state index in [9.17, 15) is 14.7 Å². The number of amides is 1. The molecular weight excluding hydrogens is 242 g/mol. The average molecular weight is 257 g/mol. The van der Waals surface area contributed by atoms with Crippen molar-refractivity contribution in [2.45, 2.75) is 32.5 Å². The van der Waals surface area contributed by atoms with Gasteiger partial charge in [-0.1, -0.05) is 0 Å². The Hall–Kier alpha value is -1.76. The number of rotatable bonds is 2. The summed E-state index contributed by atoms with van der Waals surface area (Å²) in [5.74, 6) is -0.315. The minimum Gasteiger partial charge on any atom is -0.441 e. The highest BCUT2D eigenvalue weighted by atomic mass is 16.6. The number of aliphatic hydroxyl groups is 1. The van der Waals surface area contributed by atoms with Crippen LogP contribution in [0.15, 0.2) is 13.6 Å². The van der Waals surface area contributed by atoms with Crippen LogP contribution in [-0.4, -0.2) is 35.3 Å². The molecule has 0 radical (unpaired) electrons. The third-order valence-corrected chi connectivity index (χ3v) is 2.82. The highest BCUT2D eigenvalue weighted by Crippen LogP contribution is 2.12. The lowest BCUT2D eigenvalue weighted by molar-refractivity contribution is 0.0432. The summed E-state index contributed by atoms with van der Waals surface area (Å²) in [5, 5.41) is 9.44. The Labute approximate surface area is 103 Å². The summed E-state index contributed by atoms with van der Waals surface area (Å²) in [6, 6.07) is 0. The van der Waals surface area contributed by atoms with Crippen LogP contribution in [0.4, 0.5) is 4.79 Å². The summed E-state index contributed by atoms with van der Waals surface area (Å²) in [5.41, 5.74) is 0. The molecule has 1 saturated heterocycles. The van der Waals surface area contributed by atoms with Crippen LogP contribution >= 0.6 is 0 Å². The van der Waals surface area contributed by atoms with Crippen molar-refractivity contribution in [1.82, 2.24) is 4.90 Å². The lowest BCUT2D eigenvalue weighted by atomic mass is 10.1. The van der Waals surface area contributed by atoms with Crippen molar-refractivity contribution >= 4 is 6.09 Å². The molecule has 1 aromatic rings. The van der Waals surface area contributed by atoms with Crippen molar-refractivity contribution < 1.29 is 23.5 Å². The number of carbonyl (C=O) groups is 1. The Balaban J connectivity index is 1.88. The normalized spacial score (nSPS) is 19.9. The second kappa shape index (κ2) is 5.26. The molecule has 1 aliphatic heterocycles. The van der Waals surface area contributed by atoms with Crippen molar-refractivity contribution in [3.05, 3.63) is 22.1 Å². The van der Waals surface area contributed by atoms with Gasteiger partial charge in [-0.15, -0.1) is 0 Å². The molecule has 0 aliphatic carbocycles. The number of hydrogen-bond acceptors (Lipinski definition) is 6. The van der Waals surface area contributed by atoms with Gasteiger partial charge in [-0.2, -0.15) is 0 Å². The molecule has 0 spiro atoms. The van der Waals surface area contributed by atoms with E-state index in [1.807, 2.05) is 0 Å². The molecule has 1 aliphatic rings. The Morgan fingerprint density at radius 2 is 2.33 bits per heavy atom. The van der Waals surface area contributed by atoms with Crippen LogP contribution in [0.2, 0.25) is 0 Å². The number of aryl methyl sites for hydroxylation is 1. The summed E-state index contributed by atoms with van der Waals surface area (Å²) >= 11 is 0. The molecule has 1 fully saturated rings. The summed E-state index contributed by atoms with van der Waals surface area (Å²) in [4.78, 5) is 23.9. The number of β-amino-alcohol motifs (C(OH)–C–C–N with tert-alkyl or cyclic N) is 1. The predicted molar refractivity (Wildman–Crippen MR) is 59.0 cm³/mol. The second-order valence-electron chi connectivity index (χ2n) is 4.23. The van der Waals surface area contributed by atoms with Crippen molar-refractivity contribution in [3.63, 3.8) is 0 Å². The average Bonchev–Trinajstić information content (AvgIpc) is 2.65. The van der Waals surface area contributed by atoms with Gasteiger partial charge in [0.15, 0.2) is 18.1 Å². The first-order valence-corrected chi connectivity index (χ1v) is 5.75. The van der Waals surface area contributed by atoms with E-state index in [1.165, 1.54) is 4.90 Å². The Morgan fingerprint density at radius 3 is 2.94 bits per heavy atom. The lowest BCUT2D eigenvalue weighted by Crippen LogP contribution is -2.42. The monoisotopic (exact) mass is 257 g/mol. The number of hydrogen-bond donors (Lipinski definition) is 1. The molecule has 7 heteroatoms. The van der Waals surface area contributed by atoms with Crippen LogP contribution in [-0.2, 0) is 11.3 Å². The van der Waals surface area contributed by atoms with Crippen molar-refractivity contribution in [3.8, 4) is 0 Å². The van der Waals surface area contributed by atoms with Gasteiger partial charge in [0.1, 0.15) is 0 Å². The molecule has 2 rings (SSSR count). The van der Waals surface area contributed by atoms with E-state index >= 15 is 0 Å². The smallest absolute Gasteiger partial charge is 0.441 e. The van der Waals surface area contributed by atoms with E-state index < -0.39 is 18.0 Å². The largest absolute Gasteiger partial charge is 0.519 e. The van der Waals surface area contributed by atoms with Crippen molar-refractivity contribution in [1.29, 1.82) is 0 Å². The molecule has 0 unspecified atom stereocenters. The lowest BCUT2D eigenvalue weighted by Gasteiger charge is -2.29. The molecule has 1 atom stereocenters. The zero-order chi connectivity index (χ0) is 13.1. The van der Waals surface area contributed by atoms with Crippen molar-refractivity contribution in [2.24, 2.45) is 0 Å². The summed E-state index contributed by atoms with van der Waals surface area (Å²) in [6.07, 6.45) is 0.409. The second-order valence-corrected chi connectivity index (χ2v) is 4.23. The van der Waals surface area contributed by atoms with Gasteiger partial charge in [-0.3, -0.25) is 0 Å². The Bertz CT molecular complexity index is 476. The fraction of sp³-hybridized carbons (Fsp3) is 0.636. The third-order valence-electron chi connectivity index (χ3n) is 2.82. The van der Waals surface area contributed by atoms with E-state index in [2.05, 4.69) is 4.42 Å². The number of nitrogens with zero attached hydrogens (tertiary/aromatic N) is 1. The maximum absolute atomic E-state index is 11.7. The summed E-state index contributed by atoms with van der Waals surface area (Å²) in [6.45, 7) is 2.24. The van der Waals surface area contributed by atoms with Gasteiger partial charge >= 0.3 is 11.9 Å². The maximum Gasteiger partial charge on any atom is 0.519 e. The van der Waals surface area contributed by atoms with Gasteiger partial charge in [-0.25, -0.2) is 9.59 Å². The van der Waals surface area contributed by atoms with Gasteiger partial charge in [-0.05, 0) is 19.8 Å². The summed E-state index contributed by atoms with van der Waals surface area (Å²) < 4.78 is 14.3. The summed E-state index contributed by atoms with van der Waals surface area (Å²) in [7, 11) is 0. The number of ether oxygens (including phenoxy) is 1. The molecular formula is C11H15NO6. The minimum absolute atomic E-state index is 0.150. The molecule has 1 amide bonds. The molecule has 0 bridgehead atoms. The van der Waals surface area contributed by atoms with Crippen molar-refractivity contribution in [2.75, 3.05) is 13.1 Å². The topological polar surface area (TPSA) is 93.1 Å². The van der Waals surface area contributed by atoms with E-state index in [-0.39, 0.29) is 18.9 Å². The standard InChI is InChI=1S/C11H15NO6/c1-7-9(18-11(15)17-7)6-16-10(14)12-4-2-3-8(13)5-12/h8,13H,2-6H2,1H3/t8-/m1/s1. The van der Waals surface area contributed by atoms with Crippen LogP contribution < -0.4 is 5.82 Å². The Morgan fingerprint density at radius 1 is 1.56 bits per heavy atom. The van der Waals surface area contributed by atoms with E-state index in [0.717, 1.165) is 6.42 Å². The van der Waals surface area contributed by atoms with Crippen LogP contribution in [0.3, 0.4) is 0 Å². The van der Waals surface area contributed by atoms with Crippen LogP contribution in [0.1, 0.15) is 24.4 Å². The number of aliphatic hydroxyl groups excluding tert-OH is 1. The molecule has 1 aromatic heterocycles. The molecule has 0 saturated carbocycles. The predicted octanol–water partition coefficient (Wildman–Crippen LogP) is 0.635. The fourth-order valence-corrected chi connectivity index (χ4v) is 1.85. The highest BCUT2D eigenvalue weighted by molar-refractivity contribution is 5.67. The first-order chi connectivity index (χ1) is 8.56. The SMILES string of the molecule is Cc1oc(=O)oc1COC(=O)N1CCC[C@@H](O)C1. The van der Waals surface area contributed by atoms with E-state index in [1.54, 1.807) is 6.92 Å². The Kier molecular flexibility index (Phi) is 3.71. The number of likely N-dealkylation sites (tertiary alicyclic amines) is 1. The first-order valence-electron chi connectivity index (χ1n) is 5.75. The zero-order valence-electron chi connectivity index (χ0n) is 10.0. The molecule has 0 aromatic carbocycles. The molecule has 7 nitrogen and oxygen atoms in total. The van der Waals surface area contributed by atoms with Gasteiger partial charge in [0.25, 0.3) is 0 Å². The third kappa shape index (κ3) is 2.92. The maximum atomic E-state index is 11.7. The molecule has 100 valence electrons.